The Bertz CT molecular complexity index is 975. The largest absolute Gasteiger partial charge is 0.472 e. The molecule has 0 aromatic heterocycles. The zero-order valence-corrected chi connectivity index (χ0v) is 34.5. The highest BCUT2D eigenvalue weighted by Gasteiger charge is 2.27. The molecule has 0 heterocycles. The number of rotatable bonds is 36. The number of likely N-dealkylation sites (N-methyl/N-ethyl adjacent to an activating group) is 1. The Labute approximate surface area is 314 Å². The molecule has 0 aliphatic rings. The molecular formula is C42H80N2O6P+. The summed E-state index contributed by atoms with van der Waals surface area (Å²) in [7, 11) is 1.53. The van der Waals surface area contributed by atoms with Gasteiger partial charge in [-0.3, -0.25) is 13.8 Å². The van der Waals surface area contributed by atoms with Crippen LogP contribution in [0.5, 0.6) is 0 Å². The fraction of sp³-hybridized carbons (Fsp3) is 0.786. The van der Waals surface area contributed by atoms with Crippen molar-refractivity contribution < 1.29 is 32.9 Å². The van der Waals surface area contributed by atoms with Crippen molar-refractivity contribution in [2.75, 3.05) is 40.9 Å². The van der Waals surface area contributed by atoms with Crippen LogP contribution in [0.25, 0.3) is 0 Å². The topological polar surface area (TPSA) is 105 Å². The van der Waals surface area contributed by atoms with E-state index >= 15 is 0 Å². The van der Waals surface area contributed by atoms with Gasteiger partial charge in [-0.15, -0.1) is 0 Å². The molecular weight excluding hydrogens is 659 g/mol. The molecule has 9 heteroatoms. The van der Waals surface area contributed by atoms with Gasteiger partial charge in [-0.25, -0.2) is 4.57 Å². The highest BCUT2D eigenvalue weighted by atomic mass is 31.2. The number of hydrogen-bond donors (Lipinski definition) is 3. The third-order valence-corrected chi connectivity index (χ3v) is 9.73. The highest BCUT2D eigenvalue weighted by Crippen LogP contribution is 2.43. The molecule has 0 aromatic carbocycles. The lowest BCUT2D eigenvalue weighted by atomic mass is 10.1. The van der Waals surface area contributed by atoms with Gasteiger partial charge in [0.25, 0.3) is 0 Å². The lowest BCUT2D eigenvalue weighted by Crippen LogP contribution is -2.45. The first-order chi connectivity index (χ1) is 24.5. The third-order valence-electron chi connectivity index (χ3n) is 8.75. The fourth-order valence-corrected chi connectivity index (χ4v) is 6.14. The number of carbonyl (C=O) groups excluding carboxylic acids is 1. The maximum absolute atomic E-state index is 12.8. The van der Waals surface area contributed by atoms with Crippen molar-refractivity contribution in [3.05, 3.63) is 48.6 Å². The molecule has 0 radical (unpaired) electrons. The van der Waals surface area contributed by atoms with Crippen LogP contribution in [-0.4, -0.2) is 73.4 Å². The number of allylic oxidation sites excluding steroid dienone is 7. The number of phosphoric ester groups is 1. The van der Waals surface area contributed by atoms with Gasteiger partial charge in [0.05, 0.1) is 39.9 Å². The van der Waals surface area contributed by atoms with E-state index in [1.807, 2.05) is 27.2 Å². The summed E-state index contributed by atoms with van der Waals surface area (Å²) in [5, 5.41) is 13.7. The second kappa shape index (κ2) is 34.2. The van der Waals surface area contributed by atoms with Gasteiger partial charge in [-0.05, 0) is 64.2 Å². The van der Waals surface area contributed by atoms with Gasteiger partial charge >= 0.3 is 7.82 Å². The van der Waals surface area contributed by atoms with E-state index < -0.39 is 20.0 Å². The van der Waals surface area contributed by atoms with Crippen LogP contribution in [0.3, 0.4) is 0 Å². The molecule has 0 aromatic rings. The van der Waals surface area contributed by atoms with Gasteiger partial charge in [0, 0.05) is 6.42 Å². The van der Waals surface area contributed by atoms with Crippen LogP contribution >= 0.6 is 7.82 Å². The summed E-state index contributed by atoms with van der Waals surface area (Å²) in [5.41, 5.74) is 0. The summed E-state index contributed by atoms with van der Waals surface area (Å²) in [6.07, 6.45) is 41.8. The van der Waals surface area contributed by atoms with Gasteiger partial charge in [-0.1, -0.05) is 140 Å². The van der Waals surface area contributed by atoms with Crippen LogP contribution in [0.4, 0.5) is 0 Å². The maximum atomic E-state index is 12.8. The third kappa shape index (κ3) is 36.6. The number of hydrogen-bond acceptors (Lipinski definition) is 5. The van der Waals surface area contributed by atoms with Crippen LogP contribution in [0.15, 0.2) is 48.6 Å². The van der Waals surface area contributed by atoms with Crippen molar-refractivity contribution in [1.82, 2.24) is 5.32 Å². The quantitative estimate of drug-likeness (QED) is 0.0256. The Morgan fingerprint density at radius 2 is 1.10 bits per heavy atom. The highest BCUT2D eigenvalue weighted by molar-refractivity contribution is 7.47. The average molecular weight is 740 g/mol. The van der Waals surface area contributed by atoms with E-state index in [1.165, 1.54) is 70.6 Å². The van der Waals surface area contributed by atoms with E-state index in [2.05, 4.69) is 55.6 Å². The van der Waals surface area contributed by atoms with Gasteiger partial charge in [-0.2, -0.15) is 0 Å². The van der Waals surface area contributed by atoms with Crippen LogP contribution in [0.1, 0.15) is 162 Å². The molecule has 0 bridgehead atoms. The summed E-state index contributed by atoms with van der Waals surface area (Å²) in [4.78, 5) is 23.0. The van der Waals surface area contributed by atoms with E-state index in [0.717, 1.165) is 70.6 Å². The first-order valence-electron chi connectivity index (χ1n) is 20.5. The van der Waals surface area contributed by atoms with Gasteiger partial charge < -0.3 is 19.8 Å². The summed E-state index contributed by atoms with van der Waals surface area (Å²) in [6, 6.07) is -0.871. The lowest BCUT2D eigenvalue weighted by Gasteiger charge is -2.25. The summed E-state index contributed by atoms with van der Waals surface area (Å²) in [6.45, 7) is 4.71. The average Bonchev–Trinajstić information content (AvgIpc) is 3.07. The van der Waals surface area contributed by atoms with Crippen LogP contribution in [0.2, 0.25) is 0 Å². The zero-order valence-electron chi connectivity index (χ0n) is 33.6. The molecule has 0 fully saturated rings. The Morgan fingerprint density at radius 3 is 1.63 bits per heavy atom. The van der Waals surface area contributed by atoms with E-state index in [4.69, 9.17) is 9.05 Å². The number of nitrogens with one attached hydrogen (secondary N) is 1. The fourth-order valence-electron chi connectivity index (χ4n) is 5.40. The molecule has 0 saturated heterocycles. The smallest absolute Gasteiger partial charge is 0.387 e. The SMILES string of the molecule is CCCC/C=C\CCCCCCCC(=O)NC(COP(=O)(O)OCC[N+](C)(C)C)C(O)/C=C/CC/C=C/CC/C=C/CCCCCCCCCC. The number of carbonyl (C=O) groups is 1. The van der Waals surface area contributed by atoms with Crippen LogP contribution < -0.4 is 5.32 Å². The normalized spacial score (nSPS) is 15.0. The van der Waals surface area contributed by atoms with Gasteiger partial charge in [0.1, 0.15) is 13.2 Å². The summed E-state index contributed by atoms with van der Waals surface area (Å²) < 4.78 is 23.4. The lowest BCUT2D eigenvalue weighted by molar-refractivity contribution is -0.870. The molecule has 0 saturated carbocycles. The van der Waals surface area contributed by atoms with Crippen LogP contribution in [-0.2, 0) is 18.4 Å². The molecule has 51 heavy (non-hydrogen) atoms. The minimum Gasteiger partial charge on any atom is -0.387 e. The van der Waals surface area contributed by atoms with E-state index in [0.29, 0.717) is 17.4 Å². The number of aliphatic hydroxyl groups is 1. The van der Waals surface area contributed by atoms with E-state index in [9.17, 15) is 19.4 Å². The number of aliphatic hydroxyl groups excluding tert-OH is 1. The number of quaternary nitrogens is 1. The Hall–Kier alpha value is -1.54. The second-order valence-corrected chi connectivity index (χ2v) is 16.4. The van der Waals surface area contributed by atoms with E-state index in [-0.39, 0.29) is 19.1 Å². The minimum absolute atomic E-state index is 0.0506. The molecule has 0 aliphatic heterocycles. The van der Waals surface area contributed by atoms with Crippen LogP contribution in [0, 0.1) is 0 Å². The molecule has 0 rings (SSSR count). The number of unbranched alkanes of at least 4 members (excludes halogenated alkanes) is 17. The first-order valence-corrected chi connectivity index (χ1v) is 22.0. The Balaban J connectivity index is 4.57. The Kier molecular flexibility index (Phi) is 33.2. The second-order valence-electron chi connectivity index (χ2n) is 15.0. The summed E-state index contributed by atoms with van der Waals surface area (Å²) in [5.74, 6) is -0.205. The zero-order chi connectivity index (χ0) is 37.9. The predicted octanol–water partition coefficient (Wildman–Crippen LogP) is 10.9. The predicted molar refractivity (Wildman–Crippen MR) is 217 cm³/mol. The molecule has 8 nitrogen and oxygen atoms in total. The molecule has 0 spiro atoms. The number of phosphoric acid groups is 1. The molecule has 3 atom stereocenters. The van der Waals surface area contributed by atoms with Crippen molar-refractivity contribution in [3.8, 4) is 0 Å². The Morgan fingerprint density at radius 1 is 0.647 bits per heavy atom. The van der Waals surface area contributed by atoms with Gasteiger partial charge in [0.15, 0.2) is 0 Å². The molecule has 298 valence electrons. The van der Waals surface area contributed by atoms with Crippen molar-refractivity contribution in [3.63, 3.8) is 0 Å². The van der Waals surface area contributed by atoms with Crippen molar-refractivity contribution in [2.24, 2.45) is 0 Å². The molecule has 3 unspecified atom stereocenters. The van der Waals surface area contributed by atoms with Crippen molar-refractivity contribution in [2.45, 2.75) is 174 Å². The van der Waals surface area contributed by atoms with Crippen molar-refractivity contribution in [1.29, 1.82) is 0 Å². The minimum atomic E-state index is -4.35. The maximum Gasteiger partial charge on any atom is 0.472 e. The molecule has 1 amide bonds. The van der Waals surface area contributed by atoms with Gasteiger partial charge in [0.2, 0.25) is 5.91 Å². The van der Waals surface area contributed by atoms with E-state index in [1.54, 1.807) is 6.08 Å². The summed E-state index contributed by atoms with van der Waals surface area (Å²) >= 11 is 0. The monoisotopic (exact) mass is 740 g/mol. The molecule has 0 aliphatic carbocycles. The standard InChI is InChI=1S/C42H79N2O6P/c1-6-8-10-12-14-16-18-19-20-21-22-23-24-26-27-29-31-33-35-41(45)40(39-50-51(47,48)49-38-37-44(3,4)5)43-42(46)36-34-32-30-28-25-17-15-13-11-9-7-2/h13,15,21-22,26-27,33,35,40-41,45H,6-12,14,16-20,23-25,28-32,34,36-39H2,1-5H3,(H-,43,46,47,48)/p+1/b15-13-,22-21+,27-26+,35-33+. The number of nitrogens with zero attached hydrogens (tertiary/aromatic N) is 1. The molecule has 3 N–H and O–H groups in total. The number of amides is 1. The van der Waals surface area contributed by atoms with Crippen molar-refractivity contribution >= 4 is 13.7 Å². The first kappa shape index (κ1) is 49.5.